The van der Waals surface area contributed by atoms with E-state index < -0.39 is 0 Å². The van der Waals surface area contributed by atoms with Gasteiger partial charge in [-0.2, -0.15) is 0 Å². The van der Waals surface area contributed by atoms with Gasteiger partial charge in [-0.15, -0.1) is 0 Å². The molecule has 1 aliphatic heterocycles. The van der Waals surface area contributed by atoms with Crippen molar-refractivity contribution in [2.24, 2.45) is 0 Å². The highest BCUT2D eigenvalue weighted by Gasteiger charge is 2.29. The van der Waals surface area contributed by atoms with Crippen molar-refractivity contribution in [2.45, 2.75) is 32.9 Å². The Morgan fingerprint density at radius 3 is 2.76 bits per heavy atom. The molecule has 1 aromatic heterocycles. The SMILES string of the molecule is COc1ccccc1CNC(=O)c1cc(C)nc(N2c3ccccc3CC2C)n1. The first-order valence-electron chi connectivity index (χ1n) is 9.69. The van der Waals surface area contributed by atoms with Gasteiger partial charge in [-0.05, 0) is 44.0 Å². The Morgan fingerprint density at radius 2 is 1.93 bits per heavy atom. The van der Waals surface area contributed by atoms with Gasteiger partial charge in [-0.25, -0.2) is 9.97 Å². The third-order valence-corrected chi connectivity index (χ3v) is 5.13. The quantitative estimate of drug-likeness (QED) is 0.720. The maximum absolute atomic E-state index is 12.8. The van der Waals surface area contributed by atoms with Gasteiger partial charge in [0, 0.05) is 29.5 Å². The molecule has 6 nitrogen and oxygen atoms in total. The van der Waals surface area contributed by atoms with Gasteiger partial charge in [0.05, 0.1) is 7.11 Å². The molecule has 0 fully saturated rings. The first kappa shape index (κ1) is 18.9. The average molecular weight is 388 g/mol. The van der Waals surface area contributed by atoms with Crippen molar-refractivity contribution in [1.29, 1.82) is 0 Å². The second-order valence-electron chi connectivity index (χ2n) is 7.24. The van der Waals surface area contributed by atoms with Gasteiger partial charge < -0.3 is 15.0 Å². The number of ether oxygens (including phenoxy) is 1. The molecule has 2 aromatic carbocycles. The molecule has 1 aliphatic rings. The van der Waals surface area contributed by atoms with Crippen molar-refractivity contribution in [3.8, 4) is 5.75 Å². The molecule has 1 amide bonds. The Hall–Kier alpha value is -3.41. The smallest absolute Gasteiger partial charge is 0.270 e. The first-order valence-corrected chi connectivity index (χ1v) is 9.69. The largest absolute Gasteiger partial charge is 0.496 e. The standard InChI is InChI=1S/C23H24N4O2/c1-15-12-19(22(28)24-14-18-9-5-7-11-21(18)29-3)26-23(25-15)27-16(2)13-17-8-4-6-10-20(17)27/h4-12,16H,13-14H2,1-3H3,(H,24,28). The van der Waals surface area contributed by atoms with Crippen LogP contribution in [0.1, 0.15) is 34.2 Å². The molecule has 2 heterocycles. The maximum Gasteiger partial charge on any atom is 0.270 e. The van der Waals surface area contributed by atoms with E-state index in [9.17, 15) is 4.79 Å². The lowest BCUT2D eigenvalue weighted by molar-refractivity contribution is 0.0945. The van der Waals surface area contributed by atoms with Gasteiger partial charge in [-0.3, -0.25) is 4.79 Å². The lowest BCUT2D eigenvalue weighted by Crippen LogP contribution is -2.29. The molecule has 0 aliphatic carbocycles. The second kappa shape index (κ2) is 7.91. The van der Waals surface area contributed by atoms with Crippen molar-refractivity contribution in [3.63, 3.8) is 0 Å². The van der Waals surface area contributed by atoms with Gasteiger partial charge in [0.25, 0.3) is 5.91 Å². The summed E-state index contributed by atoms with van der Waals surface area (Å²) in [5.74, 6) is 1.07. The third-order valence-electron chi connectivity index (χ3n) is 5.13. The lowest BCUT2D eigenvalue weighted by atomic mass is 10.1. The Bertz CT molecular complexity index is 1050. The molecular weight excluding hydrogens is 364 g/mol. The molecule has 1 unspecified atom stereocenters. The fraction of sp³-hybridized carbons (Fsp3) is 0.261. The highest BCUT2D eigenvalue weighted by Crippen LogP contribution is 2.36. The highest BCUT2D eigenvalue weighted by molar-refractivity contribution is 5.92. The number of fused-ring (bicyclic) bond motifs is 1. The van der Waals surface area contributed by atoms with E-state index in [0.29, 0.717) is 18.2 Å². The number of anilines is 2. The van der Waals surface area contributed by atoms with Crippen LogP contribution in [0.3, 0.4) is 0 Å². The molecule has 29 heavy (non-hydrogen) atoms. The molecule has 0 spiro atoms. The predicted molar refractivity (Wildman–Crippen MR) is 113 cm³/mol. The minimum atomic E-state index is -0.234. The zero-order chi connectivity index (χ0) is 20.4. The number of hydrogen-bond acceptors (Lipinski definition) is 5. The second-order valence-corrected chi connectivity index (χ2v) is 7.24. The van der Waals surface area contributed by atoms with E-state index in [1.54, 1.807) is 13.2 Å². The minimum Gasteiger partial charge on any atom is -0.496 e. The zero-order valence-corrected chi connectivity index (χ0v) is 16.8. The van der Waals surface area contributed by atoms with Crippen molar-refractivity contribution in [3.05, 3.63) is 77.1 Å². The number of aryl methyl sites for hydroxylation is 1. The van der Waals surface area contributed by atoms with Crippen LogP contribution in [0.25, 0.3) is 0 Å². The molecular formula is C23H24N4O2. The number of aromatic nitrogens is 2. The van der Waals surface area contributed by atoms with Gasteiger partial charge in [0.2, 0.25) is 5.95 Å². The molecule has 1 atom stereocenters. The van der Waals surface area contributed by atoms with E-state index in [4.69, 9.17) is 4.74 Å². The van der Waals surface area contributed by atoms with Crippen LogP contribution in [-0.4, -0.2) is 29.0 Å². The van der Waals surface area contributed by atoms with E-state index in [1.807, 2.05) is 43.3 Å². The molecule has 3 aromatic rings. The topological polar surface area (TPSA) is 67.3 Å². The summed E-state index contributed by atoms with van der Waals surface area (Å²) < 4.78 is 5.35. The molecule has 0 radical (unpaired) electrons. The van der Waals surface area contributed by atoms with Crippen LogP contribution in [0, 0.1) is 6.92 Å². The summed E-state index contributed by atoms with van der Waals surface area (Å²) >= 11 is 0. The van der Waals surface area contributed by atoms with Crippen LogP contribution < -0.4 is 15.0 Å². The molecule has 0 saturated carbocycles. The summed E-state index contributed by atoms with van der Waals surface area (Å²) in [5.41, 5.74) is 4.41. The number of hydrogen-bond donors (Lipinski definition) is 1. The van der Waals surface area contributed by atoms with Gasteiger partial charge in [-0.1, -0.05) is 36.4 Å². The number of amides is 1. The molecule has 0 saturated heterocycles. The molecule has 148 valence electrons. The lowest BCUT2D eigenvalue weighted by Gasteiger charge is -2.23. The third kappa shape index (κ3) is 3.78. The summed E-state index contributed by atoms with van der Waals surface area (Å²) in [6.07, 6.45) is 0.933. The van der Waals surface area contributed by atoms with Gasteiger partial charge >= 0.3 is 0 Å². The summed E-state index contributed by atoms with van der Waals surface area (Å²) in [4.78, 5) is 24.1. The normalized spacial score (nSPS) is 15.1. The van der Waals surface area contributed by atoms with Crippen molar-refractivity contribution >= 4 is 17.5 Å². The van der Waals surface area contributed by atoms with E-state index in [2.05, 4.69) is 39.2 Å². The number of rotatable bonds is 5. The van der Waals surface area contributed by atoms with Crippen LogP contribution in [0.5, 0.6) is 5.75 Å². The number of carbonyl (C=O) groups is 1. The maximum atomic E-state index is 12.8. The van der Waals surface area contributed by atoms with Crippen molar-refractivity contribution < 1.29 is 9.53 Å². The van der Waals surface area contributed by atoms with Crippen molar-refractivity contribution in [2.75, 3.05) is 12.0 Å². The predicted octanol–water partition coefficient (Wildman–Crippen LogP) is 3.81. The van der Waals surface area contributed by atoms with Gasteiger partial charge in [0.1, 0.15) is 11.4 Å². The Balaban J connectivity index is 1.58. The fourth-order valence-corrected chi connectivity index (χ4v) is 3.76. The van der Waals surface area contributed by atoms with Crippen LogP contribution in [0.4, 0.5) is 11.6 Å². The molecule has 4 rings (SSSR count). The minimum absolute atomic E-state index is 0.234. The molecule has 1 N–H and O–H groups in total. The zero-order valence-electron chi connectivity index (χ0n) is 16.8. The number of nitrogens with one attached hydrogen (secondary N) is 1. The Morgan fingerprint density at radius 1 is 1.17 bits per heavy atom. The number of carbonyl (C=O) groups excluding carboxylic acids is 1. The first-order chi connectivity index (χ1) is 14.1. The van der Waals surface area contributed by atoms with Crippen molar-refractivity contribution in [1.82, 2.24) is 15.3 Å². The summed E-state index contributed by atoms with van der Waals surface area (Å²) in [6, 6.07) is 17.8. The number of nitrogens with zero attached hydrogens (tertiary/aromatic N) is 3. The summed E-state index contributed by atoms with van der Waals surface area (Å²) in [7, 11) is 1.62. The molecule has 0 bridgehead atoms. The number of benzene rings is 2. The van der Waals surface area contributed by atoms with Gasteiger partial charge in [0.15, 0.2) is 0 Å². The van der Waals surface area contributed by atoms with E-state index in [0.717, 1.165) is 29.1 Å². The highest BCUT2D eigenvalue weighted by atomic mass is 16.5. The summed E-state index contributed by atoms with van der Waals surface area (Å²) in [6.45, 7) is 4.39. The van der Waals surface area contributed by atoms with Crippen LogP contribution in [0.2, 0.25) is 0 Å². The fourth-order valence-electron chi connectivity index (χ4n) is 3.76. The van der Waals surface area contributed by atoms with Crippen LogP contribution in [-0.2, 0) is 13.0 Å². The van der Waals surface area contributed by atoms with E-state index >= 15 is 0 Å². The van der Waals surface area contributed by atoms with Crippen LogP contribution in [0.15, 0.2) is 54.6 Å². The monoisotopic (exact) mass is 388 g/mol. The number of methoxy groups -OCH3 is 1. The molecule has 6 heteroatoms. The van der Waals surface area contributed by atoms with E-state index in [-0.39, 0.29) is 11.9 Å². The summed E-state index contributed by atoms with van der Waals surface area (Å²) in [5, 5.41) is 2.94. The number of para-hydroxylation sites is 2. The Labute approximate surface area is 170 Å². The van der Waals surface area contributed by atoms with E-state index in [1.165, 1.54) is 5.56 Å². The van der Waals surface area contributed by atoms with Crippen LogP contribution >= 0.6 is 0 Å². The Kier molecular flexibility index (Phi) is 5.16. The average Bonchev–Trinajstić information content (AvgIpc) is 3.07.